The number of esters is 1. The number of methoxy groups -OCH3 is 1. The van der Waals surface area contributed by atoms with Crippen molar-refractivity contribution in [2.75, 3.05) is 13.7 Å². The van der Waals surface area contributed by atoms with Crippen LogP contribution in [0.2, 0.25) is 0 Å². The van der Waals surface area contributed by atoms with E-state index in [9.17, 15) is 14.7 Å². The zero-order valence-electron chi connectivity index (χ0n) is 14.0. The van der Waals surface area contributed by atoms with Gasteiger partial charge in [-0.1, -0.05) is 0 Å². The number of carboxylic acid groups (broad SMARTS) is 1. The van der Waals surface area contributed by atoms with Crippen LogP contribution in [0.5, 0.6) is 11.5 Å². The minimum atomic E-state index is -1.03. The van der Waals surface area contributed by atoms with E-state index < -0.39 is 23.5 Å². The van der Waals surface area contributed by atoms with Crippen LogP contribution in [0, 0.1) is 5.92 Å². The molecular weight excluding hydrogens is 300 g/mol. The molecular formula is C17H24O6. The molecule has 1 rings (SSSR count). The van der Waals surface area contributed by atoms with Crippen molar-refractivity contribution in [2.45, 2.75) is 39.2 Å². The normalized spacial score (nSPS) is 12.3. The lowest BCUT2D eigenvalue weighted by Gasteiger charge is -2.21. The first-order valence-corrected chi connectivity index (χ1v) is 7.43. The third kappa shape index (κ3) is 7.54. The highest BCUT2D eigenvalue weighted by Crippen LogP contribution is 2.19. The molecule has 128 valence electrons. The molecule has 6 nitrogen and oxygen atoms in total. The van der Waals surface area contributed by atoms with Crippen molar-refractivity contribution >= 4 is 11.9 Å². The number of carbonyl (C=O) groups is 2. The quantitative estimate of drug-likeness (QED) is 0.740. The molecule has 1 N–H and O–H groups in total. The summed E-state index contributed by atoms with van der Waals surface area (Å²) in [5.74, 6) is -1.05. The Hall–Kier alpha value is -2.24. The summed E-state index contributed by atoms with van der Waals surface area (Å²) in [5.41, 5.74) is -0.625. The average Bonchev–Trinajstić information content (AvgIpc) is 2.44. The van der Waals surface area contributed by atoms with E-state index >= 15 is 0 Å². The third-order valence-electron chi connectivity index (χ3n) is 2.98. The lowest BCUT2D eigenvalue weighted by atomic mass is 10.0. The highest BCUT2D eigenvalue weighted by Gasteiger charge is 2.25. The van der Waals surface area contributed by atoms with Gasteiger partial charge in [0.05, 0.1) is 26.1 Å². The molecule has 0 aromatic heterocycles. The van der Waals surface area contributed by atoms with Crippen LogP contribution in [0.4, 0.5) is 0 Å². The summed E-state index contributed by atoms with van der Waals surface area (Å²) < 4.78 is 15.7. The van der Waals surface area contributed by atoms with Gasteiger partial charge in [-0.3, -0.25) is 9.59 Å². The van der Waals surface area contributed by atoms with Gasteiger partial charge in [-0.15, -0.1) is 0 Å². The highest BCUT2D eigenvalue weighted by molar-refractivity contribution is 5.78. The van der Waals surface area contributed by atoms with Gasteiger partial charge in [-0.2, -0.15) is 0 Å². The average molecular weight is 324 g/mol. The molecule has 0 unspecified atom stereocenters. The van der Waals surface area contributed by atoms with Gasteiger partial charge in [0.2, 0.25) is 0 Å². The van der Waals surface area contributed by atoms with E-state index in [0.717, 1.165) is 0 Å². The number of aliphatic carboxylic acids is 1. The smallest absolute Gasteiger partial charge is 0.307 e. The van der Waals surface area contributed by atoms with Gasteiger partial charge in [0.1, 0.15) is 17.1 Å². The molecule has 1 aromatic rings. The molecule has 0 fully saturated rings. The Balaban J connectivity index is 2.46. The van der Waals surface area contributed by atoms with Crippen molar-refractivity contribution in [3.8, 4) is 11.5 Å². The first-order chi connectivity index (χ1) is 10.7. The van der Waals surface area contributed by atoms with Gasteiger partial charge in [-0.05, 0) is 51.5 Å². The third-order valence-corrected chi connectivity index (χ3v) is 2.98. The van der Waals surface area contributed by atoms with Gasteiger partial charge in [0, 0.05) is 0 Å². The van der Waals surface area contributed by atoms with Crippen LogP contribution in [-0.4, -0.2) is 36.4 Å². The van der Waals surface area contributed by atoms with Gasteiger partial charge < -0.3 is 19.3 Å². The largest absolute Gasteiger partial charge is 0.497 e. The Morgan fingerprint density at radius 3 is 2.17 bits per heavy atom. The lowest BCUT2D eigenvalue weighted by Crippen LogP contribution is -2.28. The monoisotopic (exact) mass is 324 g/mol. The van der Waals surface area contributed by atoms with Crippen LogP contribution in [0.25, 0.3) is 0 Å². The number of ether oxygens (including phenoxy) is 3. The van der Waals surface area contributed by atoms with Gasteiger partial charge >= 0.3 is 11.9 Å². The summed E-state index contributed by atoms with van der Waals surface area (Å²) in [6.07, 6.45) is 0.0547. The second kappa shape index (κ2) is 8.41. The zero-order valence-corrected chi connectivity index (χ0v) is 14.0. The fourth-order valence-electron chi connectivity index (χ4n) is 1.89. The SMILES string of the molecule is COc1ccc(OCC[C@H](CC(=O)OC(C)(C)C)C(=O)O)cc1. The fraction of sp³-hybridized carbons (Fsp3) is 0.529. The standard InChI is InChI=1S/C17H24O6/c1-17(2,3)23-15(18)11-12(16(19)20)9-10-22-14-7-5-13(21-4)6-8-14/h5-8,12H,9-11H2,1-4H3,(H,19,20)/t12-/m1/s1. The number of carbonyl (C=O) groups excluding carboxylic acids is 1. The predicted octanol–water partition coefficient (Wildman–Crippen LogP) is 2.90. The van der Waals surface area contributed by atoms with Crippen LogP contribution >= 0.6 is 0 Å². The molecule has 0 radical (unpaired) electrons. The number of rotatable bonds is 8. The molecule has 0 aliphatic carbocycles. The van der Waals surface area contributed by atoms with Crippen molar-refractivity contribution in [3.05, 3.63) is 24.3 Å². The first kappa shape index (κ1) is 18.8. The maximum absolute atomic E-state index is 11.7. The van der Waals surface area contributed by atoms with E-state index in [1.54, 1.807) is 52.1 Å². The van der Waals surface area contributed by atoms with Crippen molar-refractivity contribution in [2.24, 2.45) is 5.92 Å². The molecule has 0 aliphatic heterocycles. The molecule has 6 heteroatoms. The second-order valence-electron chi connectivity index (χ2n) is 6.14. The summed E-state index contributed by atoms with van der Waals surface area (Å²) in [6.45, 7) is 5.43. The maximum Gasteiger partial charge on any atom is 0.307 e. The Bertz CT molecular complexity index is 515. The fourth-order valence-corrected chi connectivity index (χ4v) is 1.89. The molecule has 1 atom stereocenters. The molecule has 1 aromatic carbocycles. The summed E-state index contributed by atoms with van der Waals surface area (Å²) in [4.78, 5) is 23.0. The van der Waals surface area contributed by atoms with E-state index in [1.165, 1.54) is 0 Å². The Labute approximate surface area is 136 Å². The summed E-state index contributed by atoms with van der Waals surface area (Å²) in [7, 11) is 1.57. The Morgan fingerprint density at radius 2 is 1.70 bits per heavy atom. The van der Waals surface area contributed by atoms with Crippen LogP contribution in [0.1, 0.15) is 33.6 Å². The van der Waals surface area contributed by atoms with E-state index in [0.29, 0.717) is 11.5 Å². The van der Waals surface area contributed by atoms with Crippen molar-refractivity contribution < 1.29 is 28.9 Å². The Kier molecular flexibility index (Phi) is 6.88. The van der Waals surface area contributed by atoms with Gasteiger partial charge in [0.25, 0.3) is 0 Å². The van der Waals surface area contributed by atoms with Crippen LogP contribution in [0.3, 0.4) is 0 Å². The number of carboxylic acids is 1. The number of hydrogen-bond acceptors (Lipinski definition) is 5. The van der Waals surface area contributed by atoms with Crippen molar-refractivity contribution in [3.63, 3.8) is 0 Å². The predicted molar refractivity (Wildman–Crippen MR) is 84.7 cm³/mol. The van der Waals surface area contributed by atoms with E-state index in [-0.39, 0.29) is 19.4 Å². The number of benzene rings is 1. The molecule has 0 heterocycles. The van der Waals surface area contributed by atoms with E-state index in [4.69, 9.17) is 14.2 Å². The van der Waals surface area contributed by atoms with Crippen LogP contribution in [0.15, 0.2) is 24.3 Å². The molecule has 0 spiro atoms. The zero-order chi connectivity index (χ0) is 17.5. The topological polar surface area (TPSA) is 82.1 Å². The molecule has 23 heavy (non-hydrogen) atoms. The number of hydrogen-bond donors (Lipinski definition) is 1. The second-order valence-corrected chi connectivity index (χ2v) is 6.14. The summed E-state index contributed by atoms with van der Waals surface area (Å²) >= 11 is 0. The molecule has 0 saturated heterocycles. The minimum absolute atomic E-state index is 0.168. The highest BCUT2D eigenvalue weighted by atomic mass is 16.6. The minimum Gasteiger partial charge on any atom is -0.497 e. The van der Waals surface area contributed by atoms with E-state index in [1.807, 2.05) is 0 Å². The summed E-state index contributed by atoms with van der Waals surface area (Å²) in [6, 6.07) is 6.99. The molecule has 0 aliphatic rings. The molecule has 0 amide bonds. The maximum atomic E-state index is 11.7. The van der Waals surface area contributed by atoms with Crippen molar-refractivity contribution in [1.29, 1.82) is 0 Å². The van der Waals surface area contributed by atoms with Crippen molar-refractivity contribution in [1.82, 2.24) is 0 Å². The molecule has 0 saturated carbocycles. The Morgan fingerprint density at radius 1 is 1.13 bits per heavy atom. The summed E-state index contributed by atoms with van der Waals surface area (Å²) in [5, 5.41) is 9.21. The van der Waals surface area contributed by atoms with Crippen LogP contribution in [-0.2, 0) is 14.3 Å². The first-order valence-electron chi connectivity index (χ1n) is 7.43. The van der Waals surface area contributed by atoms with E-state index in [2.05, 4.69) is 0 Å². The van der Waals surface area contributed by atoms with Gasteiger partial charge in [0.15, 0.2) is 0 Å². The van der Waals surface area contributed by atoms with Gasteiger partial charge in [-0.25, -0.2) is 0 Å². The lowest BCUT2D eigenvalue weighted by molar-refractivity contribution is -0.160. The molecule has 0 bridgehead atoms. The van der Waals surface area contributed by atoms with Crippen LogP contribution < -0.4 is 9.47 Å².